The molecule has 1 heteroatoms. The van der Waals surface area contributed by atoms with Gasteiger partial charge in [-0.05, 0) is 85.4 Å². The van der Waals surface area contributed by atoms with Crippen molar-refractivity contribution in [2.45, 2.75) is 91.9 Å². The highest BCUT2D eigenvalue weighted by Gasteiger charge is 2.59. The Kier molecular flexibility index (Phi) is 5.52. The molecule has 0 bridgehead atoms. The van der Waals surface area contributed by atoms with Crippen LogP contribution in [0.1, 0.15) is 91.9 Å². The van der Waals surface area contributed by atoms with Crippen LogP contribution in [0.2, 0.25) is 0 Å². The van der Waals surface area contributed by atoms with Crippen LogP contribution in [-0.4, -0.2) is 5.78 Å². The van der Waals surface area contributed by atoms with Crippen LogP contribution >= 0.6 is 0 Å². The Morgan fingerprint density at radius 1 is 1.00 bits per heavy atom. The first-order chi connectivity index (χ1) is 11.9. The lowest BCUT2D eigenvalue weighted by atomic mass is 9.45. The lowest BCUT2D eigenvalue weighted by Gasteiger charge is -2.60. The molecule has 0 heterocycles. The molecule has 1 nitrogen and oxygen atoms in total. The van der Waals surface area contributed by atoms with Gasteiger partial charge in [-0.1, -0.05) is 40.2 Å². The summed E-state index contributed by atoms with van der Waals surface area (Å²) in [6.45, 7) is 13.5. The molecule has 0 amide bonds. The number of fused-ring (bicyclic) bond motifs is 5. The van der Waals surface area contributed by atoms with E-state index in [1.54, 1.807) is 0 Å². The second-order valence-corrected chi connectivity index (χ2v) is 10.1. The molecule has 25 heavy (non-hydrogen) atoms. The molecule has 0 saturated heterocycles. The minimum atomic E-state index is 0.463. The van der Waals surface area contributed by atoms with Gasteiger partial charge in [0.2, 0.25) is 0 Å². The fourth-order valence-corrected chi connectivity index (χ4v) is 7.47. The molecule has 4 aliphatic carbocycles. The quantitative estimate of drug-likeness (QED) is 0.477. The van der Waals surface area contributed by atoms with Crippen LogP contribution in [0.25, 0.3) is 0 Å². The standard InChI is InChI=1S/C21H32O.C3H8/c1-4-14-6-8-18-17-7-5-15-13-16(22)9-11-21(15,3)19(17)10-12-20(14,18)2;1-3-2/h4,14-15,17-19H,1,5-13H2,2-3H3;3H2,1-2H3/t14-,15+,17?,18?,19?,20?,21-;/m0./s1. The first kappa shape index (κ1) is 19.2. The van der Waals surface area contributed by atoms with Gasteiger partial charge in [-0.2, -0.15) is 0 Å². The zero-order valence-corrected chi connectivity index (χ0v) is 17.2. The maximum Gasteiger partial charge on any atom is 0.133 e. The van der Waals surface area contributed by atoms with Gasteiger partial charge in [-0.15, -0.1) is 6.58 Å². The number of ketones is 1. The van der Waals surface area contributed by atoms with Crippen molar-refractivity contribution in [1.82, 2.24) is 0 Å². The van der Waals surface area contributed by atoms with E-state index < -0.39 is 0 Å². The number of carbonyl (C=O) groups excluding carboxylic acids is 1. The normalized spacial score (nSPS) is 48.5. The fraction of sp³-hybridized carbons (Fsp3) is 0.875. The van der Waals surface area contributed by atoms with Gasteiger partial charge in [-0.3, -0.25) is 4.79 Å². The van der Waals surface area contributed by atoms with Crippen molar-refractivity contribution in [2.75, 3.05) is 0 Å². The summed E-state index contributed by atoms with van der Waals surface area (Å²) in [4.78, 5) is 11.9. The zero-order valence-electron chi connectivity index (χ0n) is 17.2. The topological polar surface area (TPSA) is 17.1 Å². The Balaban J connectivity index is 0.000000569. The van der Waals surface area contributed by atoms with Gasteiger partial charge in [0.05, 0.1) is 0 Å². The van der Waals surface area contributed by atoms with Crippen LogP contribution < -0.4 is 0 Å². The number of carbonyl (C=O) groups is 1. The van der Waals surface area contributed by atoms with Crippen LogP contribution in [0.4, 0.5) is 0 Å². The van der Waals surface area contributed by atoms with Crippen LogP contribution in [0.5, 0.6) is 0 Å². The number of hydrogen-bond donors (Lipinski definition) is 0. The van der Waals surface area contributed by atoms with Crippen molar-refractivity contribution in [3.63, 3.8) is 0 Å². The Morgan fingerprint density at radius 2 is 1.68 bits per heavy atom. The largest absolute Gasteiger partial charge is 0.300 e. The summed E-state index contributed by atoms with van der Waals surface area (Å²) in [6, 6.07) is 0. The molecular formula is C24H40O. The Hall–Kier alpha value is -0.590. The average molecular weight is 345 g/mol. The summed E-state index contributed by atoms with van der Waals surface area (Å²) in [6.07, 6.45) is 14.7. The van der Waals surface area contributed by atoms with Crippen LogP contribution in [0.3, 0.4) is 0 Å². The SMILES string of the molecule is C=C[C@H]1CCC2C3CC[C@@H]4CC(=O)CC[C@]4(C)C3CCC21C.CCC. The lowest BCUT2D eigenvalue weighted by molar-refractivity contribution is -0.138. The maximum absolute atomic E-state index is 11.9. The number of Topliss-reactive ketones (excluding diaryl/α,β-unsaturated/α-hetero) is 1. The van der Waals surface area contributed by atoms with Crippen LogP contribution in [0, 0.1) is 40.4 Å². The number of rotatable bonds is 1. The van der Waals surface area contributed by atoms with E-state index in [1.165, 1.54) is 51.4 Å². The highest BCUT2D eigenvalue weighted by molar-refractivity contribution is 5.79. The third-order valence-electron chi connectivity index (χ3n) is 8.84. The van der Waals surface area contributed by atoms with Gasteiger partial charge in [0, 0.05) is 12.8 Å². The summed E-state index contributed by atoms with van der Waals surface area (Å²) in [5.41, 5.74) is 0.987. The highest BCUT2D eigenvalue weighted by Crippen LogP contribution is 2.67. The predicted octanol–water partition coefficient (Wildman–Crippen LogP) is 6.82. The smallest absolute Gasteiger partial charge is 0.133 e. The van der Waals surface area contributed by atoms with Crippen molar-refractivity contribution in [1.29, 1.82) is 0 Å². The minimum absolute atomic E-state index is 0.463. The van der Waals surface area contributed by atoms with E-state index in [0.717, 1.165) is 36.5 Å². The molecule has 0 spiro atoms. The molecule has 4 unspecified atom stereocenters. The molecule has 4 rings (SSSR count). The van der Waals surface area contributed by atoms with E-state index in [0.29, 0.717) is 22.5 Å². The van der Waals surface area contributed by atoms with E-state index >= 15 is 0 Å². The van der Waals surface area contributed by atoms with E-state index in [4.69, 9.17) is 0 Å². The predicted molar refractivity (Wildman–Crippen MR) is 106 cm³/mol. The Morgan fingerprint density at radius 3 is 2.36 bits per heavy atom. The molecule has 0 aromatic carbocycles. The second-order valence-electron chi connectivity index (χ2n) is 10.1. The second kappa shape index (κ2) is 7.20. The summed E-state index contributed by atoms with van der Waals surface area (Å²) < 4.78 is 0. The molecule has 0 aromatic rings. The first-order valence-electron chi connectivity index (χ1n) is 11.0. The van der Waals surface area contributed by atoms with Gasteiger partial charge in [0.15, 0.2) is 0 Å². The zero-order chi connectivity index (χ0) is 18.2. The molecule has 0 N–H and O–H groups in total. The summed E-state index contributed by atoms with van der Waals surface area (Å²) in [5.74, 6) is 4.71. The van der Waals surface area contributed by atoms with Crippen molar-refractivity contribution >= 4 is 5.78 Å². The van der Waals surface area contributed by atoms with Gasteiger partial charge >= 0.3 is 0 Å². The lowest BCUT2D eigenvalue weighted by Crippen LogP contribution is -2.53. The third kappa shape index (κ3) is 3.04. The van der Waals surface area contributed by atoms with Crippen molar-refractivity contribution in [3.8, 4) is 0 Å². The summed E-state index contributed by atoms with van der Waals surface area (Å²) in [7, 11) is 0. The molecule has 7 atom stereocenters. The molecule has 4 saturated carbocycles. The summed E-state index contributed by atoms with van der Waals surface area (Å²) >= 11 is 0. The summed E-state index contributed by atoms with van der Waals surface area (Å²) in [5, 5.41) is 0. The number of allylic oxidation sites excluding steroid dienone is 1. The van der Waals surface area contributed by atoms with E-state index in [-0.39, 0.29) is 0 Å². The Labute approximate surface area is 156 Å². The van der Waals surface area contributed by atoms with Gasteiger partial charge in [0.1, 0.15) is 5.78 Å². The van der Waals surface area contributed by atoms with E-state index in [9.17, 15) is 4.79 Å². The van der Waals surface area contributed by atoms with Crippen molar-refractivity contribution in [2.24, 2.45) is 40.4 Å². The van der Waals surface area contributed by atoms with E-state index in [1.807, 2.05) is 0 Å². The Bertz CT molecular complexity index is 508. The molecule has 0 aromatic heterocycles. The van der Waals surface area contributed by atoms with Gasteiger partial charge in [0.25, 0.3) is 0 Å². The van der Waals surface area contributed by atoms with E-state index in [2.05, 4.69) is 40.3 Å². The first-order valence-corrected chi connectivity index (χ1v) is 11.0. The number of hydrogen-bond acceptors (Lipinski definition) is 1. The van der Waals surface area contributed by atoms with Crippen LogP contribution in [-0.2, 0) is 4.79 Å². The molecule has 142 valence electrons. The minimum Gasteiger partial charge on any atom is -0.300 e. The van der Waals surface area contributed by atoms with Gasteiger partial charge in [-0.25, -0.2) is 0 Å². The molecule has 4 aliphatic rings. The highest BCUT2D eigenvalue weighted by atomic mass is 16.1. The maximum atomic E-state index is 11.9. The monoisotopic (exact) mass is 344 g/mol. The molecule has 4 fully saturated rings. The average Bonchev–Trinajstić information content (AvgIpc) is 2.92. The molecule has 0 aliphatic heterocycles. The third-order valence-corrected chi connectivity index (χ3v) is 8.84. The fourth-order valence-electron chi connectivity index (χ4n) is 7.47. The van der Waals surface area contributed by atoms with Crippen molar-refractivity contribution < 1.29 is 4.79 Å². The van der Waals surface area contributed by atoms with Gasteiger partial charge < -0.3 is 0 Å². The molecule has 0 radical (unpaired) electrons. The van der Waals surface area contributed by atoms with Crippen LogP contribution in [0.15, 0.2) is 12.7 Å². The van der Waals surface area contributed by atoms with Crippen molar-refractivity contribution in [3.05, 3.63) is 12.7 Å². The molecular weight excluding hydrogens is 304 g/mol.